The number of fused-ring (bicyclic) bond motifs is 1. The molecule has 7 nitrogen and oxygen atoms in total. The van der Waals surface area contributed by atoms with Gasteiger partial charge in [-0.25, -0.2) is 4.68 Å². The van der Waals surface area contributed by atoms with Gasteiger partial charge in [-0.15, -0.1) is 0 Å². The van der Waals surface area contributed by atoms with E-state index in [-0.39, 0.29) is 11.8 Å². The Hall–Kier alpha value is -2.83. The maximum Gasteiger partial charge on any atom is 0.243 e. The van der Waals surface area contributed by atoms with Crippen LogP contribution in [-0.4, -0.2) is 34.2 Å². The van der Waals surface area contributed by atoms with Crippen LogP contribution in [0.3, 0.4) is 0 Å². The van der Waals surface area contributed by atoms with Gasteiger partial charge in [-0.1, -0.05) is 25.1 Å². The molecule has 1 aromatic heterocycles. The third-order valence-corrected chi connectivity index (χ3v) is 4.66. The molecule has 1 N–H and O–H groups in total. The van der Waals surface area contributed by atoms with Gasteiger partial charge in [-0.3, -0.25) is 14.5 Å². The van der Waals surface area contributed by atoms with E-state index in [1.165, 1.54) is 0 Å². The van der Waals surface area contributed by atoms with E-state index in [9.17, 15) is 9.59 Å². The van der Waals surface area contributed by atoms with Crippen molar-refractivity contribution in [3.05, 3.63) is 41.6 Å². The van der Waals surface area contributed by atoms with Crippen LogP contribution < -0.4 is 15.0 Å². The highest BCUT2D eigenvalue weighted by atomic mass is 16.5. The number of para-hydroxylation sites is 1. The molecule has 1 atom stereocenters. The Labute approximate surface area is 159 Å². The summed E-state index contributed by atoms with van der Waals surface area (Å²) in [4.78, 5) is 27.1. The number of ether oxygens (including phenoxy) is 1. The SMILES string of the molecule is CCOc1ccccc1CNC(=O)[C@H](CC)N1C(=O)CCn2nc(C)cc21. The van der Waals surface area contributed by atoms with Crippen molar-refractivity contribution in [1.82, 2.24) is 15.1 Å². The number of aromatic nitrogens is 2. The Morgan fingerprint density at radius 2 is 2.11 bits per heavy atom. The lowest BCUT2D eigenvalue weighted by atomic mass is 10.1. The molecular weight excluding hydrogens is 344 g/mol. The number of rotatable bonds is 7. The summed E-state index contributed by atoms with van der Waals surface area (Å²) in [6, 6.07) is 8.93. The summed E-state index contributed by atoms with van der Waals surface area (Å²) >= 11 is 0. The van der Waals surface area contributed by atoms with Crippen LogP contribution in [0.15, 0.2) is 30.3 Å². The van der Waals surface area contributed by atoms with Gasteiger partial charge in [0.25, 0.3) is 0 Å². The zero-order valence-corrected chi connectivity index (χ0v) is 16.1. The predicted molar refractivity (Wildman–Crippen MR) is 103 cm³/mol. The number of nitrogens with one attached hydrogen (secondary N) is 1. The molecule has 0 saturated heterocycles. The van der Waals surface area contributed by atoms with Crippen LogP contribution in [0.4, 0.5) is 5.82 Å². The summed E-state index contributed by atoms with van der Waals surface area (Å²) in [5.41, 5.74) is 1.75. The van der Waals surface area contributed by atoms with Gasteiger partial charge in [0.2, 0.25) is 11.8 Å². The molecule has 0 fully saturated rings. The summed E-state index contributed by atoms with van der Waals surface area (Å²) in [6.45, 7) is 7.20. The Morgan fingerprint density at radius 1 is 1.33 bits per heavy atom. The van der Waals surface area contributed by atoms with Gasteiger partial charge < -0.3 is 10.1 Å². The molecular formula is C20H26N4O3. The second kappa shape index (κ2) is 8.24. The Bertz CT molecular complexity index is 830. The minimum Gasteiger partial charge on any atom is -0.494 e. The van der Waals surface area contributed by atoms with Gasteiger partial charge in [0.05, 0.1) is 18.8 Å². The maximum atomic E-state index is 12.9. The lowest BCUT2D eigenvalue weighted by Crippen LogP contribution is -2.52. The molecule has 2 heterocycles. The summed E-state index contributed by atoms with van der Waals surface area (Å²) in [5.74, 6) is 1.24. The highest BCUT2D eigenvalue weighted by molar-refractivity contribution is 6.01. The van der Waals surface area contributed by atoms with E-state index in [0.717, 1.165) is 17.0 Å². The van der Waals surface area contributed by atoms with Crippen LogP contribution in [0.2, 0.25) is 0 Å². The molecule has 0 saturated carbocycles. The Morgan fingerprint density at radius 3 is 2.85 bits per heavy atom. The number of benzene rings is 1. The molecule has 2 aromatic rings. The zero-order chi connectivity index (χ0) is 19.4. The van der Waals surface area contributed by atoms with Crippen molar-refractivity contribution in [3.8, 4) is 5.75 Å². The molecule has 3 rings (SSSR count). The average molecular weight is 370 g/mol. The average Bonchev–Trinajstić information content (AvgIpc) is 3.04. The minimum atomic E-state index is -0.563. The second-order valence-corrected chi connectivity index (χ2v) is 6.56. The predicted octanol–water partition coefficient (Wildman–Crippen LogP) is 2.42. The first-order chi connectivity index (χ1) is 13.0. The van der Waals surface area contributed by atoms with Crippen LogP contribution in [0, 0.1) is 6.92 Å². The number of hydrogen-bond acceptors (Lipinski definition) is 4. The van der Waals surface area contributed by atoms with Crippen LogP contribution in [-0.2, 0) is 22.7 Å². The topological polar surface area (TPSA) is 76.5 Å². The Balaban J connectivity index is 1.76. The fourth-order valence-corrected chi connectivity index (χ4v) is 3.41. The van der Waals surface area contributed by atoms with Gasteiger partial charge in [0.1, 0.15) is 17.6 Å². The van der Waals surface area contributed by atoms with E-state index in [4.69, 9.17) is 4.74 Å². The van der Waals surface area contributed by atoms with Gasteiger partial charge in [0, 0.05) is 24.6 Å². The lowest BCUT2D eigenvalue weighted by Gasteiger charge is -2.33. The molecule has 0 radical (unpaired) electrons. The normalized spacial score (nSPS) is 14.6. The van der Waals surface area contributed by atoms with E-state index >= 15 is 0 Å². The van der Waals surface area contributed by atoms with Crippen molar-refractivity contribution in [2.75, 3.05) is 11.5 Å². The van der Waals surface area contributed by atoms with Crippen molar-refractivity contribution in [1.29, 1.82) is 0 Å². The standard InChI is InChI=1S/C20H26N4O3/c1-4-16(24-18-12-14(3)22-23(18)11-10-19(24)25)20(26)21-13-15-8-6-7-9-17(15)27-5-2/h6-9,12,16H,4-5,10-11,13H2,1-3H3,(H,21,26)/t16-/m0/s1. The zero-order valence-electron chi connectivity index (χ0n) is 16.1. The highest BCUT2D eigenvalue weighted by Gasteiger charge is 2.34. The lowest BCUT2D eigenvalue weighted by molar-refractivity contribution is -0.127. The first-order valence-electron chi connectivity index (χ1n) is 9.40. The summed E-state index contributed by atoms with van der Waals surface area (Å²) in [6.07, 6.45) is 0.875. The van der Waals surface area contributed by atoms with Crippen LogP contribution in [0.25, 0.3) is 0 Å². The third-order valence-electron chi connectivity index (χ3n) is 4.66. The number of anilines is 1. The van der Waals surface area contributed by atoms with Crippen LogP contribution in [0.5, 0.6) is 5.75 Å². The molecule has 1 aliphatic rings. The molecule has 27 heavy (non-hydrogen) atoms. The fourth-order valence-electron chi connectivity index (χ4n) is 3.41. The number of carbonyl (C=O) groups excluding carboxylic acids is 2. The van der Waals surface area contributed by atoms with Crippen molar-refractivity contribution in [3.63, 3.8) is 0 Å². The first-order valence-corrected chi connectivity index (χ1v) is 9.40. The molecule has 1 aliphatic heterocycles. The van der Waals surface area contributed by atoms with Crippen LogP contribution >= 0.6 is 0 Å². The number of amides is 2. The quantitative estimate of drug-likeness (QED) is 0.812. The first kappa shape index (κ1) is 18.9. The van der Waals surface area contributed by atoms with Gasteiger partial charge in [-0.05, 0) is 26.3 Å². The summed E-state index contributed by atoms with van der Waals surface area (Å²) in [7, 11) is 0. The Kier molecular flexibility index (Phi) is 5.78. The van der Waals surface area contributed by atoms with Gasteiger partial charge in [0.15, 0.2) is 0 Å². The van der Waals surface area contributed by atoms with E-state index in [1.54, 1.807) is 9.58 Å². The second-order valence-electron chi connectivity index (χ2n) is 6.56. The van der Waals surface area contributed by atoms with Crippen molar-refractivity contribution in [2.24, 2.45) is 0 Å². The van der Waals surface area contributed by atoms with Gasteiger partial charge >= 0.3 is 0 Å². The molecule has 2 amide bonds. The molecule has 1 aromatic carbocycles. The maximum absolute atomic E-state index is 12.9. The monoisotopic (exact) mass is 370 g/mol. The minimum absolute atomic E-state index is 0.0425. The summed E-state index contributed by atoms with van der Waals surface area (Å²) < 4.78 is 7.41. The number of hydrogen-bond donors (Lipinski definition) is 1. The van der Waals surface area contributed by atoms with Crippen molar-refractivity contribution < 1.29 is 14.3 Å². The number of aryl methyl sites for hydroxylation is 2. The molecule has 7 heteroatoms. The number of carbonyl (C=O) groups is 2. The number of nitrogens with zero attached hydrogens (tertiary/aromatic N) is 3. The molecule has 0 unspecified atom stereocenters. The van der Waals surface area contributed by atoms with E-state index in [0.29, 0.717) is 38.4 Å². The summed E-state index contributed by atoms with van der Waals surface area (Å²) in [5, 5.41) is 7.37. The molecule has 144 valence electrons. The van der Waals surface area contributed by atoms with Crippen molar-refractivity contribution >= 4 is 17.6 Å². The van der Waals surface area contributed by atoms with Crippen molar-refractivity contribution in [2.45, 2.75) is 52.7 Å². The fraction of sp³-hybridized carbons (Fsp3) is 0.450. The van der Waals surface area contributed by atoms with E-state index in [1.807, 2.05) is 51.1 Å². The van der Waals surface area contributed by atoms with E-state index in [2.05, 4.69) is 10.4 Å². The molecule has 0 bridgehead atoms. The smallest absolute Gasteiger partial charge is 0.243 e. The molecule has 0 spiro atoms. The third kappa shape index (κ3) is 3.97. The largest absolute Gasteiger partial charge is 0.494 e. The van der Waals surface area contributed by atoms with Crippen LogP contribution in [0.1, 0.15) is 37.9 Å². The van der Waals surface area contributed by atoms with E-state index < -0.39 is 6.04 Å². The molecule has 0 aliphatic carbocycles. The highest BCUT2D eigenvalue weighted by Crippen LogP contribution is 2.26. The van der Waals surface area contributed by atoms with Gasteiger partial charge in [-0.2, -0.15) is 5.10 Å².